The van der Waals surface area contributed by atoms with E-state index in [1.54, 1.807) is 6.07 Å². The first kappa shape index (κ1) is 12.1. The third-order valence-electron chi connectivity index (χ3n) is 3.30. The largest absolute Gasteiger partial charge is 0.384 e. The second kappa shape index (κ2) is 5.82. The van der Waals surface area contributed by atoms with Gasteiger partial charge >= 0.3 is 0 Å². The summed E-state index contributed by atoms with van der Waals surface area (Å²) in [5.41, 5.74) is 5.59. The molecule has 0 spiro atoms. The minimum Gasteiger partial charge on any atom is -0.384 e. The second-order valence-corrected chi connectivity index (χ2v) is 4.78. The van der Waals surface area contributed by atoms with Gasteiger partial charge in [0.25, 0.3) is 0 Å². The zero-order valence-electron chi connectivity index (χ0n) is 10.4. The minimum atomic E-state index is 0.509. The van der Waals surface area contributed by atoms with Crippen molar-refractivity contribution >= 4 is 11.6 Å². The summed E-state index contributed by atoms with van der Waals surface area (Å²) in [4.78, 5) is 10.5. The van der Waals surface area contributed by atoms with Crippen LogP contribution in [0.5, 0.6) is 0 Å². The predicted octanol–water partition coefficient (Wildman–Crippen LogP) is 1.20. The number of rotatable bonds is 4. The van der Waals surface area contributed by atoms with Crippen LogP contribution in [0.1, 0.15) is 19.8 Å². The van der Waals surface area contributed by atoms with Gasteiger partial charge in [-0.05, 0) is 31.8 Å². The predicted molar refractivity (Wildman–Crippen MR) is 69.8 cm³/mol. The summed E-state index contributed by atoms with van der Waals surface area (Å²) in [6, 6.07) is 1.76. The molecular formula is C12H21N5. The molecule has 17 heavy (non-hydrogen) atoms. The van der Waals surface area contributed by atoms with Crippen LogP contribution in [0, 0.1) is 5.92 Å². The van der Waals surface area contributed by atoms with Crippen molar-refractivity contribution in [2.24, 2.45) is 5.92 Å². The molecule has 94 valence electrons. The lowest BCUT2D eigenvalue weighted by Gasteiger charge is -2.30. The minimum absolute atomic E-state index is 0.509. The van der Waals surface area contributed by atoms with Gasteiger partial charge in [0.05, 0.1) is 0 Å². The van der Waals surface area contributed by atoms with E-state index in [1.165, 1.54) is 32.3 Å². The van der Waals surface area contributed by atoms with E-state index in [2.05, 4.69) is 27.1 Å². The number of piperidine rings is 1. The summed E-state index contributed by atoms with van der Waals surface area (Å²) in [6.07, 6.45) is 4.13. The Morgan fingerprint density at radius 2 is 2.18 bits per heavy atom. The third-order valence-corrected chi connectivity index (χ3v) is 3.30. The highest BCUT2D eigenvalue weighted by molar-refractivity contribution is 5.43. The fourth-order valence-electron chi connectivity index (χ4n) is 2.10. The molecule has 3 N–H and O–H groups in total. The summed E-state index contributed by atoms with van der Waals surface area (Å²) in [6.45, 7) is 6.74. The Kier molecular flexibility index (Phi) is 4.14. The first-order valence-electron chi connectivity index (χ1n) is 6.28. The van der Waals surface area contributed by atoms with Gasteiger partial charge in [-0.1, -0.05) is 6.92 Å². The summed E-state index contributed by atoms with van der Waals surface area (Å²) >= 11 is 0. The van der Waals surface area contributed by atoms with Gasteiger partial charge in [0.15, 0.2) is 0 Å². The van der Waals surface area contributed by atoms with E-state index in [0.717, 1.165) is 24.8 Å². The monoisotopic (exact) mass is 235 g/mol. The van der Waals surface area contributed by atoms with Crippen LogP contribution in [-0.4, -0.2) is 41.0 Å². The average Bonchev–Trinajstić information content (AvgIpc) is 2.32. The van der Waals surface area contributed by atoms with Gasteiger partial charge in [0.1, 0.15) is 18.0 Å². The van der Waals surface area contributed by atoms with Gasteiger partial charge in [-0.3, -0.25) is 0 Å². The number of nitrogens with zero attached hydrogens (tertiary/aromatic N) is 3. The molecule has 5 heteroatoms. The van der Waals surface area contributed by atoms with Crippen molar-refractivity contribution in [1.29, 1.82) is 0 Å². The van der Waals surface area contributed by atoms with Crippen molar-refractivity contribution in [3.8, 4) is 0 Å². The SMILES string of the molecule is CC1CCN(CCNc2cc(N)ncn2)CC1. The second-order valence-electron chi connectivity index (χ2n) is 4.78. The molecule has 0 atom stereocenters. The van der Waals surface area contributed by atoms with E-state index in [1.807, 2.05) is 0 Å². The average molecular weight is 235 g/mol. The van der Waals surface area contributed by atoms with Crippen LogP contribution in [0.3, 0.4) is 0 Å². The highest BCUT2D eigenvalue weighted by Crippen LogP contribution is 2.15. The molecule has 1 aromatic heterocycles. The first-order chi connectivity index (χ1) is 8.24. The van der Waals surface area contributed by atoms with Crippen molar-refractivity contribution in [3.63, 3.8) is 0 Å². The molecule has 5 nitrogen and oxygen atoms in total. The van der Waals surface area contributed by atoms with Crippen LogP contribution in [0.2, 0.25) is 0 Å². The lowest BCUT2D eigenvalue weighted by atomic mass is 9.99. The van der Waals surface area contributed by atoms with Crippen molar-refractivity contribution in [1.82, 2.24) is 14.9 Å². The Morgan fingerprint density at radius 3 is 2.88 bits per heavy atom. The molecule has 0 unspecified atom stereocenters. The molecule has 2 rings (SSSR count). The van der Waals surface area contributed by atoms with Crippen LogP contribution in [-0.2, 0) is 0 Å². The zero-order chi connectivity index (χ0) is 12.1. The molecular weight excluding hydrogens is 214 g/mol. The standard InChI is InChI=1S/C12H21N5/c1-10-2-5-17(6-3-10)7-4-14-12-8-11(13)15-9-16-12/h8-10H,2-7H2,1H3,(H3,13,14,15,16). The molecule has 0 bridgehead atoms. The molecule has 1 fully saturated rings. The Balaban J connectivity index is 1.69. The number of nitrogen functional groups attached to an aromatic ring is 1. The topological polar surface area (TPSA) is 67.1 Å². The Morgan fingerprint density at radius 1 is 1.41 bits per heavy atom. The van der Waals surface area contributed by atoms with Crippen molar-refractivity contribution in [2.45, 2.75) is 19.8 Å². The normalized spacial score (nSPS) is 18.2. The Labute approximate surface area is 102 Å². The van der Waals surface area contributed by atoms with E-state index in [-0.39, 0.29) is 0 Å². The van der Waals surface area contributed by atoms with Crippen LogP contribution in [0.25, 0.3) is 0 Å². The van der Waals surface area contributed by atoms with Crippen LogP contribution >= 0.6 is 0 Å². The number of hydrogen-bond acceptors (Lipinski definition) is 5. The summed E-state index contributed by atoms with van der Waals surface area (Å²) in [7, 11) is 0. The lowest BCUT2D eigenvalue weighted by Crippen LogP contribution is -2.36. The Bertz CT molecular complexity index is 347. The summed E-state index contributed by atoms with van der Waals surface area (Å²) in [5, 5.41) is 3.27. The maximum absolute atomic E-state index is 5.59. The van der Waals surface area contributed by atoms with Gasteiger partial charge in [0.2, 0.25) is 0 Å². The maximum atomic E-state index is 5.59. The van der Waals surface area contributed by atoms with Gasteiger partial charge in [0, 0.05) is 19.2 Å². The number of likely N-dealkylation sites (tertiary alicyclic amines) is 1. The summed E-state index contributed by atoms with van der Waals surface area (Å²) < 4.78 is 0. The molecule has 0 aliphatic carbocycles. The van der Waals surface area contributed by atoms with E-state index >= 15 is 0 Å². The molecule has 1 aliphatic rings. The number of nitrogens with two attached hydrogens (primary N) is 1. The fourth-order valence-corrected chi connectivity index (χ4v) is 2.10. The fraction of sp³-hybridized carbons (Fsp3) is 0.667. The van der Waals surface area contributed by atoms with E-state index in [4.69, 9.17) is 5.73 Å². The van der Waals surface area contributed by atoms with Gasteiger partial charge in [-0.2, -0.15) is 0 Å². The van der Waals surface area contributed by atoms with Gasteiger partial charge < -0.3 is 16.0 Å². The van der Waals surface area contributed by atoms with Gasteiger partial charge in [-0.25, -0.2) is 9.97 Å². The van der Waals surface area contributed by atoms with Crippen LogP contribution < -0.4 is 11.1 Å². The Hall–Kier alpha value is -1.36. The third kappa shape index (κ3) is 3.85. The molecule has 1 aromatic rings. The quantitative estimate of drug-likeness (QED) is 0.821. The van der Waals surface area contributed by atoms with Crippen molar-refractivity contribution in [2.75, 3.05) is 37.2 Å². The van der Waals surface area contributed by atoms with Crippen molar-refractivity contribution < 1.29 is 0 Å². The zero-order valence-corrected chi connectivity index (χ0v) is 10.4. The van der Waals surface area contributed by atoms with E-state index in [0.29, 0.717) is 5.82 Å². The number of aromatic nitrogens is 2. The molecule has 1 aliphatic heterocycles. The number of nitrogens with one attached hydrogen (secondary N) is 1. The summed E-state index contributed by atoms with van der Waals surface area (Å²) in [5.74, 6) is 2.21. The molecule has 0 aromatic carbocycles. The van der Waals surface area contributed by atoms with Crippen molar-refractivity contribution in [3.05, 3.63) is 12.4 Å². The maximum Gasteiger partial charge on any atom is 0.131 e. The molecule has 0 amide bonds. The van der Waals surface area contributed by atoms with Crippen LogP contribution in [0.15, 0.2) is 12.4 Å². The molecule has 2 heterocycles. The van der Waals surface area contributed by atoms with E-state index < -0.39 is 0 Å². The first-order valence-corrected chi connectivity index (χ1v) is 6.28. The smallest absolute Gasteiger partial charge is 0.131 e. The molecule has 0 radical (unpaired) electrons. The van der Waals surface area contributed by atoms with E-state index in [9.17, 15) is 0 Å². The highest BCUT2D eigenvalue weighted by atomic mass is 15.1. The molecule has 0 saturated carbocycles. The lowest BCUT2D eigenvalue weighted by molar-refractivity contribution is 0.199. The number of hydrogen-bond donors (Lipinski definition) is 2. The van der Waals surface area contributed by atoms with Gasteiger partial charge in [-0.15, -0.1) is 0 Å². The number of anilines is 2. The van der Waals surface area contributed by atoms with Crippen LogP contribution in [0.4, 0.5) is 11.6 Å². The molecule has 1 saturated heterocycles. The highest BCUT2D eigenvalue weighted by Gasteiger charge is 2.14.